The Morgan fingerprint density at radius 1 is 1.11 bits per heavy atom. The molecule has 28 heavy (non-hydrogen) atoms. The van der Waals surface area contributed by atoms with Crippen LogP contribution in [0.15, 0.2) is 48.5 Å². The molecule has 0 bridgehead atoms. The number of fused-ring (bicyclic) bond motifs is 1. The smallest absolute Gasteiger partial charge is 0.132 e. The highest BCUT2D eigenvalue weighted by atomic mass is 16.5. The molecule has 1 saturated heterocycles. The molecule has 0 N–H and O–H groups in total. The summed E-state index contributed by atoms with van der Waals surface area (Å²) in [7, 11) is 1.79. The third-order valence-corrected chi connectivity index (χ3v) is 7.89. The summed E-state index contributed by atoms with van der Waals surface area (Å²) >= 11 is 0. The molecular weight excluding hydrogens is 342 g/mol. The standard InChI is InChI=1S/C26H36NO/c1-5-27(24-13-10-20(2)11-14-24)16-15-26(18-21(3)9-12-23(26)19-27)22-7-6-8-25(17-22)28-4/h6-8,10-11,13-14,17,21,23H,5,9,12,15-16,18-19H2,1-4H3/q+1/t21?,23?,26-,27-/m0/s1. The summed E-state index contributed by atoms with van der Waals surface area (Å²) in [6.07, 6.45) is 5.32. The van der Waals surface area contributed by atoms with E-state index in [2.05, 4.69) is 69.3 Å². The van der Waals surface area contributed by atoms with E-state index in [4.69, 9.17) is 4.74 Å². The Morgan fingerprint density at radius 2 is 1.89 bits per heavy atom. The SMILES string of the molecule is CC[N@+]1(c2ccc(C)cc2)CC[C@@]2(c3cccc(OC)c3)CC(C)CCC2C1. The van der Waals surface area contributed by atoms with Crippen molar-refractivity contribution in [3.8, 4) is 5.75 Å². The van der Waals surface area contributed by atoms with Gasteiger partial charge < -0.3 is 4.74 Å². The first kappa shape index (κ1) is 19.5. The van der Waals surface area contributed by atoms with Crippen molar-refractivity contribution in [2.24, 2.45) is 11.8 Å². The van der Waals surface area contributed by atoms with Gasteiger partial charge in [0.2, 0.25) is 0 Å². The molecule has 0 amide bonds. The van der Waals surface area contributed by atoms with E-state index in [-0.39, 0.29) is 0 Å². The molecular formula is C26H36NO+. The van der Waals surface area contributed by atoms with Crippen LogP contribution in [0, 0.1) is 18.8 Å². The van der Waals surface area contributed by atoms with Gasteiger partial charge in [-0.3, -0.25) is 4.48 Å². The monoisotopic (exact) mass is 378 g/mol. The normalized spacial score (nSPS) is 32.6. The topological polar surface area (TPSA) is 9.23 Å². The van der Waals surface area contributed by atoms with Gasteiger partial charge >= 0.3 is 0 Å². The van der Waals surface area contributed by atoms with Crippen LogP contribution in [0.25, 0.3) is 0 Å². The van der Waals surface area contributed by atoms with E-state index in [1.54, 1.807) is 7.11 Å². The van der Waals surface area contributed by atoms with E-state index < -0.39 is 0 Å². The molecule has 2 fully saturated rings. The first-order valence-corrected chi connectivity index (χ1v) is 11.1. The predicted octanol–water partition coefficient (Wildman–Crippen LogP) is 6.11. The lowest BCUT2D eigenvalue weighted by atomic mass is 9.56. The number of rotatable bonds is 4. The van der Waals surface area contributed by atoms with E-state index in [1.807, 2.05) is 0 Å². The summed E-state index contributed by atoms with van der Waals surface area (Å²) in [5, 5.41) is 0. The van der Waals surface area contributed by atoms with Gasteiger partial charge in [-0.2, -0.15) is 0 Å². The van der Waals surface area contributed by atoms with Crippen LogP contribution in [0.1, 0.15) is 50.7 Å². The molecule has 1 aliphatic heterocycles. The molecule has 1 heterocycles. The van der Waals surface area contributed by atoms with Crippen molar-refractivity contribution in [2.75, 3.05) is 26.7 Å². The van der Waals surface area contributed by atoms with Crippen molar-refractivity contribution < 1.29 is 4.74 Å². The Balaban J connectivity index is 1.72. The van der Waals surface area contributed by atoms with Crippen LogP contribution in [0.2, 0.25) is 0 Å². The number of aryl methyl sites for hydroxylation is 1. The van der Waals surface area contributed by atoms with Crippen molar-refractivity contribution in [3.63, 3.8) is 0 Å². The zero-order chi connectivity index (χ0) is 19.8. The number of benzene rings is 2. The number of hydrogen-bond acceptors (Lipinski definition) is 1. The van der Waals surface area contributed by atoms with E-state index in [1.165, 1.54) is 62.1 Å². The van der Waals surface area contributed by atoms with Crippen LogP contribution >= 0.6 is 0 Å². The van der Waals surface area contributed by atoms with Crippen LogP contribution in [0.4, 0.5) is 5.69 Å². The van der Waals surface area contributed by atoms with Crippen LogP contribution in [-0.4, -0.2) is 26.7 Å². The number of ether oxygens (including phenoxy) is 1. The molecule has 0 aromatic heterocycles. The maximum Gasteiger partial charge on any atom is 0.132 e. The minimum atomic E-state index is 0.313. The van der Waals surface area contributed by atoms with Crippen LogP contribution in [-0.2, 0) is 5.41 Å². The van der Waals surface area contributed by atoms with Gasteiger partial charge in [0.25, 0.3) is 0 Å². The van der Waals surface area contributed by atoms with Crippen molar-refractivity contribution in [1.29, 1.82) is 0 Å². The average Bonchev–Trinajstić information content (AvgIpc) is 2.74. The van der Waals surface area contributed by atoms with Crippen LogP contribution in [0.3, 0.4) is 0 Å². The maximum atomic E-state index is 5.59. The minimum Gasteiger partial charge on any atom is -0.497 e. The highest BCUT2D eigenvalue weighted by Gasteiger charge is 2.52. The number of quaternary nitrogens is 1. The number of piperidine rings is 1. The van der Waals surface area contributed by atoms with Gasteiger partial charge in [0.05, 0.1) is 26.7 Å². The van der Waals surface area contributed by atoms with Crippen molar-refractivity contribution in [2.45, 2.75) is 51.9 Å². The second kappa shape index (κ2) is 7.55. The summed E-state index contributed by atoms with van der Waals surface area (Å²) in [5.74, 6) is 2.55. The molecule has 2 aromatic rings. The van der Waals surface area contributed by atoms with Gasteiger partial charge in [-0.15, -0.1) is 0 Å². The fourth-order valence-electron chi connectivity index (χ4n) is 6.15. The van der Waals surface area contributed by atoms with Gasteiger partial charge in [0.15, 0.2) is 0 Å². The number of likely N-dealkylation sites (tertiary alicyclic amines) is 1. The quantitative estimate of drug-likeness (QED) is 0.583. The molecule has 2 unspecified atom stereocenters. The Bertz CT molecular complexity index is 813. The lowest BCUT2D eigenvalue weighted by Crippen LogP contribution is -2.63. The van der Waals surface area contributed by atoms with E-state index >= 15 is 0 Å². The van der Waals surface area contributed by atoms with E-state index in [0.717, 1.165) is 22.1 Å². The molecule has 0 radical (unpaired) electrons. The van der Waals surface area contributed by atoms with Gasteiger partial charge in [-0.1, -0.05) is 43.2 Å². The first-order chi connectivity index (χ1) is 13.5. The third kappa shape index (κ3) is 3.26. The van der Waals surface area contributed by atoms with E-state index in [9.17, 15) is 0 Å². The Labute approximate surface area is 171 Å². The number of hydrogen-bond donors (Lipinski definition) is 0. The molecule has 2 aliphatic rings. The van der Waals surface area contributed by atoms with Crippen molar-refractivity contribution >= 4 is 5.69 Å². The lowest BCUT2D eigenvalue weighted by Gasteiger charge is -2.55. The second-order valence-electron chi connectivity index (χ2n) is 9.42. The Kier molecular flexibility index (Phi) is 5.26. The summed E-state index contributed by atoms with van der Waals surface area (Å²) in [5.41, 5.74) is 4.69. The zero-order valence-electron chi connectivity index (χ0n) is 18.1. The molecule has 150 valence electrons. The minimum absolute atomic E-state index is 0.313. The first-order valence-electron chi connectivity index (χ1n) is 11.1. The highest BCUT2D eigenvalue weighted by Crippen LogP contribution is 2.53. The molecule has 4 atom stereocenters. The summed E-state index contributed by atoms with van der Waals surface area (Å²) in [6.45, 7) is 10.7. The Morgan fingerprint density at radius 3 is 2.61 bits per heavy atom. The fourth-order valence-corrected chi connectivity index (χ4v) is 6.15. The van der Waals surface area contributed by atoms with Gasteiger partial charge in [0, 0.05) is 17.8 Å². The Hall–Kier alpha value is -1.80. The highest BCUT2D eigenvalue weighted by molar-refractivity contribution is 5.46. The van der Waals surface area contributed by atoms with Gasteiger partial charge in [-0.05, 0) is 62.4 Å². The molecule has 1 saturated carbocycles. The molecule has 4 rings (SSSR count). The van der Waals surface area contributed by atoms with E-state index in [0.29, 0.717) is 5.41 Å². The predicted molar refractivity (Wildman–Crippen MR) is 119 cm³/mol. The summed E-state index contributed by atoms with van der Waals surface area (Å²) < 4.78 is 6.73. The average molecular weight is 379 g/mol. The second-order valence-corrected chi connectivity index (χ2v) is 9.42. The molecule has 2 nitrogen and oxygen atoms in total. The third-order valence-electron chi connectivity index (χ3n) is 7.89. The lowest BCUT2D eigenvalue weighted by molar-refractivity contribution is 0.0436. The zero-order valence-corrected chi connectivity index (χ0v) is 18.1. The van der Waals surface area contributed by atoms with Crippen molar-refractivity contribution in [3.05, 3.63) is 59.7 Å². The molecule has 0 spiro atoms. The van der Waals surface area contributed by atoms with Gasteiger partial charge in [0.1, 0.15) is 11.4 Å². The number of nitrogens with zero attached hydrogens (tertiary/aromatic N) is 1. The molecule has 1 aliphatic carbocycles. The summed E-state index contributed by atoms with van der Waals surface area (Å²) in [6, 6.07) is 18.3. The molecule has 2 heteroatoms. The summed E-state index contributed by atoms with van der Waals surface area (Å²) in [4.78, 5) is 0. The molecule has 2 aromatic carbocycles. The van der Waals surface area contributed by atoms with Gasteiger partial charge in [-0.25, -0.2) is 0 Å². The maximum absolute atomic E-state index is 5.59. The fraction of sp³-hybridized carbons (Fsp3) is 0.538. The largest absolute Gasteiger partial charge is 0.497 e. The number of methoxy groups -OCH3 is 1. The van der Waals surface area contributed by atoms with Crippen LogP contribution in [0.5, 0.6) is 5.75 Å². The van der Waals surface area contributed by atoms with Crippen LogP contribution < -0.4 is 9.22 Å². The van der Waals surface area contributed by atoms with Crippen molar-refractivity contribution in [1.82, 2.24) is 4.48 Å².